The van der Waals surface area contributed by atoms with Gasteiger partial charge >= 0.3 is 0 Å². The summed E-state index contributed by atoms with van der Waals surface area (Å²) in [5.41, 5.74) is 0. The summed E-state index contributed by atoms with van der Waals surface area (Å²) in [6.45, 7) is 10.4. The van der Waals surface area contributed by atoms with Gasteiger partial charge in [-0.05, 0) is 37.6 Å². The highest BCUT2D eigenvalue weighted by molar-refractivity contribution is 4.91. The first-order valence-corrected chi connectivity index (χ1v) is 8.24. The Morgan fingerprint density at radius 2 is 1.61 bits per heavy atom. The smallest absolute Gasteiger partial charge is 0.0223 e. The second-order valence-electron chi connectivity index (χ2n) is 7.02. The highest BCUT2D eigenvalue weighted by Crippen LogP contribution is 2.34. The molecule has 0 aromatic rings. The molecule has 0 bridgehead atoms. The van der Waals surface area contributed by atoms with Gasteiger partial charge in [0.15, 0.2) is 0 Å². The molecular formula is C16H30N2. The zero-order chi connectivity index (χ0) is 12.5. The van der Waals surface area contributed by atoms with E-state index in [0.29, 0.717) is 0 Å². The SMILES string of the molecule is CC1CCCC(N2CCN3CCCCC3C2)C1C. The Morgan fingerprint density at radius 1 is 0.778 bits per heavy atom. The van der Waals surface area contributed by atoms with Gasteiger partial charge in [0.2, 0.25) is 0 Å². The van der Waals surface area contributed by atoms with Gasteiger partial charge in [0.05, 0.1) is 0 Å². The molecule has 1 saturated carbocycles. The lowest BCUT2D eigenvalue weighted by atomic mass is 9.77. The van der Waals surface area contributed by atoms with Crippen molar-refractivity contribution in [2.24, 2.45) is 11.8 Å². The number of nitrogens with zero attached hydrogens (tertiary/aromatic N) is 2. The van der Waals surface area contributed by atoms with Crippen LogP contribution in [0, 0.1) is 11.8 Å². The summed E-state index contributed by atoms with van der Waals surface area (Å²) in [5.74, 6) is 1.85. The fourth-order valence-corrected chi connectivity index (χ4v) is 4.55. The summed E-state index contributed by atoms with van der Waals surface area (Å²) in [6.07, 6.45) is 8.73. The van der Waals surface area contributed by atoms with Crippen LogP contribution >= 0.6 is 0 Å². The van der Waals surface area contributed by atoms with Gasteiger partial charge in [-0.15, -0.1) is 0 Å². The molecule has 104 valence electrons. The van der Waals surface area contributed by atoms with Gasteiger partial charge in [-0.1, -0.05) is 33.1 Å². The lowest BCUT2D eigenvalue weighted by Gasteiger charge is -2.49. The first-order valence-electron chi connectivity index (χ1n) is 8.24. The van der Waals surface area contributed by atoms with E-state index in [1.54, 1.807) is 0 Å². The van der Waals surface area contributed by atoms with E-state index in [1.165, 1.54) is 64.7 Å². The molecule has 2 heterocycles. The molecule has 0 radical (unpaired) electrons. The highest BCUT2D eigenvalue weighted by Gasteiger charge is 2.36. The largest absolute Gasteiger partial charge is 0.298 e. The minimum absolute atomic E-state index is 0.886. The minimum Gasteiger partial charge on any atom is -0.298 e. The Hall–Kier alpha value is -0.0800. The molecule has 2 heteroatoms. The van der Waals surface area contributed by atoms with E-state index >= 15 is 0 Å². The van der Waals surface area contributed by atoms with Crippen molar-refractivity contribution in [1.82, 2.24) is 9.80 Å². The Labute approximate surface area is 113 Å². The molecular weight excluding hydrogens is 220 g/mol. The zero-order valence-electron chi connectivity index (χ0n) is 12.3. The van der Waals surface area contributed by atoms with Crippen molar-refractivity contribution in [2.75, 3.05) is 26.2 Å². The van der Waals surface area contributed by atoms with Crippen LogP contribution in [0.5, 0.6) is 0 Å². The standard InChI is InChI=1S/C16H30N2/c1-13-6-5-8-16(14(13)2)18-11-10-17-9-4-3-7-15(17)12-18/h13-16H,3-12H2,1-2H3. The summed E-state index contributed by atoms with van der Waals surface area (Å²) in [5, 5.41) is 0. The second kappa shape index (κ2) is 5.50. The average Bonchev–Trinajstić information content (AvgIpc) is 2.41. The third-order valence-electron chi connectivity index (χ3n) is 6.00. The van der Waals surface area contributed by atoms with Crippen molar-refractivity contribution in [3.05, 3.63) is 0 Å². The van der Waals surface area contributed by atoms with Crippen molar-refractivity contribution in [2.45, 2.75) is 64.5 Å². The summed E-state index contributed by atoms with van der Waals surface area (Å²) in [4.78, 5) is 5.61. The second-order valence-corrected chi connectivity index (χ2v) is 7.02. The molecule has 2 aliphatic heterocycles. The summed E-state index contributed by atoms with van der Waals surface area (Å²) < 4.78 is 0. The van der Waals surface area contributed by atoms with Crippen molar-refractivity contribution in [3.8, 4) is 0 Å². The van der Waals surface area contributed by atoms with Crippen LogP contribution in [0.1, 0.15) is 52.4 Å². The maximum Gasteiger partial charge on any atom is 0.0223 e. The predicted octanol–water partition coefficient (Wildman–Crippen LogP) is 2.98. The number of hydrogen-bond donors (Lipinski definition) is 0. The Bertz CT molecular complexity index is 278. The summed E-state index contributed by atoms with van der Waals surface area (Å²) in [6, 6.07) is 1.77. The van der Waals surface area contributed by atoms with Gasteiger partial charge in [0.1, 0.15) is 0 Å². The molecule has 3 rings (SSSR count). The first kappa shape index (κ1) is 12.9. The van der Waals surface area contributed by atoms with Crippen LogP contribution in [0.25, 0.3) is 0 Å². The molecule has 1 aliphatic carbocycles. The molecule has 0 aromatic carbocycles. The van der Waals surface area contributed by atoms with Crippen LogP contribution in [-0.2, 0) is 0 Å². The molecule has 0 aromatic heterocycles. The lowest BCUT2D eigenvalue weighted by Crippen LogP contribution is -2.59. The molecule has 0 spiro atoms. The molecule has 4 atom stereocenters. The van der Waals surface area contributed by atoms with Crippen molar-refractivity contribution in [1.29, 1.82) is 0 Å². The Morgan fingerprint density at radius 3 is 2.50 bits per heavy atom. The van der Waals surface area contributed by atoms with E-state index in [1.807, 2.05) is 0 Å². The molecule has 2 saturated heterocycles. The Kier molecular flexibility index (Phi) is 3.95. The molecule has 0 amide bonds. The monoisotopic (exact) mass is 250 g/mol. The van der Waals surface area contributed by atoms with Gasteiger partial charge in [-0.25, -0.2) is 0 Å². The minimum atomic E-state index is 0.886. The first-order chi connectivity index (χ1) is 8.75. The van der Waals surface area contributed by atoms with Gasteiger partial charge in [0.25, 0.3) is 0 Å². The maximum atomic E-state index is 2.85. The fourth-order valence-electron chi connectivity index (χ4n) is 4.55. The van der Waals surface area contributed by atoms with Crippen molar-refractivity contribution >= 4 is 0 Å². The molecule has 3 fully saturated rings. The summed E-state index contributed by atoms with van der Waals surface area (Å²) >= 11 is 0. The maximum absolute atomic E-state index is 2.85. The van der Waals surface area contributed by atoms with Crippen molar-refractivity contribution in [3.63, 3.8) is 0 Å². The van der Waals surface area contributed by atoms with E-state index in [-0.39, 0.29) is 0 Å². The number of piperidine rings is 1. The normalized spacial score (nSPS) is 43.7. The van der Waals surface area contributed by atoms with Crippen LogP contribution in [0.2, 0.25) is 0 Å². The Balaban J connectivity index is 1.62. The van der Waals surface area contributed by atoms with E-state index in [4.69, 9.17) is 0 Å². The van der Waals surface area contributed by atoms with Gasteiger partial charge < -0.3 is 0 Å². The van der Waals surface area contributed by atoms with E-state index in [2.05, 4.69) is 23.6 Å². The van der Waals surface area contributed by atoms with Crippen LogP contribution in [-0.4, -0.2) is 48.1 Å². The molecule has 0 N–H and O–H groups in total. The number of rotatable bonds is 1. The fraction of sp³-hybridized carbons (Fsp3) is 1.00. The quantitative estimate of drug-likeness (QED) is 0.706. The van der Waals surface area contributed by atoms with Gasteiger partial charge in [0, 0.05) is 31.7 Å². The molecule has 4 unspecified atom stereocenters. The molecule has 3 aliphatic rings. The highest BCUT2D eigenvalue weighted by atomic mass is 15.3. The van der Waals surface area contributed by atoms with E-state index in [9.17, 15) is 0 Å². The van der Waals surface area contributed by atoms with Gasteiger partial charge in [-0.2, -0.15) is 0 Å². The molecule has 2 nitrogen and oxygen atoms in total. The zero-order valence-corrected chi connectivity index (χ0v) is 12.3. The number of piperazine rings is 1. The molecule has 18 heavy (non-hydrogen) atoms. The van der Waals surface area contributed by atoms with Crippen LogP contribution in [0.4, 0.5) is 0 Å². The predicted molar refractivity (Wildman–Crippen MR) is 76.8 cm³/mol. The van der Waals surface area contributed by atoms with Crippen molar-refractivity contribution < 1.29 is 0 Å². The third-order valence-corrected chi connectivity index (χ3v) is 6.00. The van der Waals surface area contributed by atoms with Crippen LogP contribution < -0.4 is 0 Å². The lowest BCUT2D eigenvalue weighted by molar-refractivity contribution is -0.00540. The van der Waals surface area contributed by atoms with Crippen LogP contribution in [0.15, 0.2) is 0 Å². The summed E-state index contributed by atoms with van der Waals surface area (Å²) in [7, 11) is 0. The van der Waals surface area contributed by atoms with Crippen LogP contribution in [0.3, 0.4) is 0 Å². The van der Waals surface area contributed by atoms with E-state index in [0.717, 1.165) is 23.9 Å². The third kappa shape index (κ3) is 2.46. The number of fused-ring (bicyclic) bond motifs is 1. The van der Waals surface area contributed by atoms with E-state index < -0.39 is 0 Å². The van der Waals surface area contributed by atoms with Gasteiger partial charge in [-0.3, -0.25) is 9.80 Å². The number of hydrogen-bond acceptors (Lipinski definition) is 2. The average molecular weight is 250 g/mol. The topological polar surface area (TPSA) is 6.48 Å².